The molecule has 0 aliphatic heterocycles. The van der Waals surface area contributed by atoms with Crippen molar-refractivity contribution < 1.29 is 9.13 Å². The number of aromatic amines is 1. The van der Waals surface area contributed by atoms with Crippen LogP contribution in [0.1, 0.15) is 16.7 Å². The molecule has 4 aromatic rings. The van der Waals surface area contributed by atoms with Gasteiger partial charge in [0.25, 0.3) is 0 Å². The lowest BCUT2D eigenvalue weighted by Gasteiger charge is -2.12. The maximum Gasteiger partial charge on any atom is 0.138 e. The van der Waals surface area contributed by atoms with Crippen LogP contribution in [0.4, 0.5) is 4.39 Å². The summed E-state index contributed by atoms with van der Waals surface area (Å²) in [4.78, 5) is 11.3. The third-order valence-corrected chi connectivity index (χ3v) is 4.87. The van der Waals surface area contributed by atoms with E-state index in [1.165, 1.54) is 12.1 Å². The molecule has 0 aliphatic carbocycles. The lowest BCUT2D eigenvalue weighted by molar-refractivity contribution is 0.305. The van der Waals surface area contributed by atoms with Crippen LogP contribution < -0.4 is 4.74 Å². The molecular weight excluding hydrogens is 388 g/mol. The monoisotopic (exact) mass is 401 g/mol. The van der Waals surface area contributed by atoms with Crippen LogP contribution >= 0.6 is 23.2 Å². The zero-order chi connectivity index (χ0) is 18.8. The molecule has 27 heavy (non-hydrogen) atoms. The van der Waals surface area contributed by atoms with Gasteiger partial charge in [-0.3, -0.25) is 4.98 Å². The zero-order valence-corrected chi connectivity index (χ0v) is 15.6. The van der Waals surface area contributed by atoms with Gasteiger partial charge in [-0.25, -0.2) is 9.37 Å². The number of aromatic nitrogens is 3. The minimum absolute atomic E-state index is 0.258. The van der Waals surface area contributed by atoms with Gasteiger partial charge >= 0.3 is 0 Å². The second-order valence-electron chi connectivity index (χ2n) is 6.02. The molecule has 136 valence electrons. The average molecular weight is 402 g/mol. The number of rotatable bonds is 5. The van der Waals surface area contributed by atoms with Crippen molar-refractivity contribution in [3.05, 3.63) is 87.7 Å². The average Bonchev–Trinajstić information content (AvgIpc) is 3.07. The van der Waals surface area contributed by atoms with Gasteiger partial charge in [-0.15, -0.1) is 0 Å². The smallest absolute Gasteiger partial charge is 0.138 e. The van der Waals surface area contributed by atoms with E-state index in [4.69, 9.17) is 27.9 Å². The summed E-state index contributed by atoms with van der Waals surface area (Å²) in [6, 6.07) is 8.40. The summed E-state index contributed by atoms with van der Waals surface area (Å²) < 4.78 is 20.2. The molecule has 7 heteroatoms. The van der Waals surface area contributed by atoms with E-state index in [0.29, 0.717) is 35.0 Å². The van der Waals surface area contributed by atoms with E-state index < -0.39 is 0 Å². The summed E-state index contributed by atoms with van der Waals surface area (Å²) in [5.41, 5.74) is 2.86. The highest BCUT2D eigenvalue weighted by Crippen LogP contribution is 2.34. The number of nitrogens with one attached hydrogen (secondary N) is 1. The minimum atomic E-state index is -0.388. The Labute approximate surface area is 164 Å². The fourth-order valence-corrected chi connectivity index (χ4v) is 3.29. The van der Waals surface area contributed by atoms with E-state index in [-0.39, 0.29) is 10.8 Å². The molecule has 0 unspecified atom stereocenters. The number of H-pyrrole nitrogens is 1. The van der Waals surface area contributed by atoms with Gasteiger partial charge in [0.15, 0.2) is 0 Å². The molecule has 0 spiro atoms. The maximum absolute atomic E-state index is 14.5. The number of hydrogen-bond donors (Lipinski definition) is 1. The Morgan fingerprint density at radius 2 is 1.93 bits per heavy atom. The van der Waals surface area contributed by atoms with Crippen molar-refractivity contribution >= 4 is 34.2 Å². The SMILES string of the molecule is Fc1ccc(OCc2ccncc2)c(Cl)c1Cc1c[nH]c2ncc(Cl)cc12. The van der Waals surface area contributed by atoms with Crippen LogP contribution in [0.25, 0.3) is 11.0 Å². The molecule has 3 heterocycles. The Morgan fingerprint density at radius 3 is 2.74 bits per heavy atom. The van der Waals surface area contributed by atoms with Crippen molar-refractivity contribution in [1.29, 1.82) is 0 Å². The summed E-state index contributed by atoms with van der Waals surface area (Å²) in [6.45, 7) is 0.319. The molecule has 0 bridgehead atoms. The van der Waals surface area contributed by atoms with E-state index >= 15 is 0 Å². The fraction of sp³-hybridized carbons (Fsp3) is 0.100. The maximum atomic E-state index is 14.5. The first-order valence-corrected chi connectivity index (χ1v) is 8.97. The van der Waals surface area contributed by atoms with E-state index in [1.54, 1.807) is 30.9 Å². The molecule has 0 saturated heterocycles. The van der Waals surface area contributed by atoms with Crippen molar-refractivity contribution in [1.82, 2.24) is 15.0 Å². The third-order valence-electron chi connectivity index (χ3n) is 4.24. The molecule has 0 amide bonds. The minimum Gasteiger partial charge on any atom is -0.487 e. The normalized spacial score (nSPS) is 11.1. The number of nitrogens with zero attached hydrogens (tertiary/aromatic N) is 2. The highest BCUT2D eigenvalue weighted by atomic mass is 35.5. The quantitative estimate of drug-likeness (QED) is 0.475. The van der Waals surface area contributed by atoms with Gasteiger partial charge in [0.2, 0.25) is 0 Å². The van der Waals surface area contributed by atoms with Crippen LogP contribution in [-0.4, -0.2) is 15.0 Å². The highest BCUT2D eigenvalue weighted by Gasteiger charge is 2.16. The molecule has 1 N–H and O–H groups in total. The van der Waals surface area contributed by atoms with Gasteiger partial charge in [-0.2, -0.15) is 0 Å². The molecule has 4 rings (SSSR count). The summed E-state index contributed by atoms with van der Waals surface area (Å²) >= 11 is 12.5. The lowest BCUT2D eigenvalue weighted by atomic mass is 10.0. The first kappa shape index (κ1) is 17.8. The van der Waals surface area contributed by atoms with Gasteiger partial charge < -0.3 is 9.72 Å². The van der Waals surface area contributed by atoms with E-state index in [1.807, 2.05) is 12.1 Å². The van der Waals surface area contributed by atoms with Gasteiger partial charge in [-0.1, -0.05) is 23.2 Å². The van der Waals surface area contributed by atoms with E-state index in [2.05, 4.69) is 15.0 Å². The predicted molar refractivity (Wildman–Crippen MR) is 104 cm³/mol. The van der Waals surface area contributed by atoms with Crippen molar-refractivity contribution in [2.75, 3.05) is 0 Å². The number of hydrogen-bond acceptors (Lipinski definition) is 3. The topological polar surface area (TPSA) is 50.8 Å². The molecule has 1 aromatic carbocycles. The van der Waals surface area contributed by atoms with Crippen molar-refractivity contribution in [3.63, 3.8) is 0 Å². The molecule has 0 atom stereocenters. The van der Waals surface area contributed by atoms with Crippen molar-refractivity contribution in [3.8, 4) is 5.75 Å². The fourth-order valence-electron chi connectivity index (χ4n) is 2.86. The van der Waals surface area contributed by atoms with Crippen molar-refractivity contribution in [2.45, 2.75) is 13.0 Å². The standard InChI is InChI=1S/C20H14Cl2FN3O/c21-14-8-15-13(9-25-20(15)26-10-14)7-16-17(23)1-2-18(19(16)22)27-11-12-3-5-24-6-4-12/h1-6,8-10H,7,11H2,(H,25,26). The highest BCUT2D eigenvalue weighted by molar-refractivity contribution is 6.33. The number of halogens is 3. The van der Waals surface area contributed by atoms with Crippen LogP contribution in [0, 0.1) is 5.82 Å². The van der Waals surface area contributed by atoms with Gasteiger partial charge in [0.1, 0.15) is 23.8 Å². The number of ether oxygens (including phenoxy) is 1. The Hall–Kier alpha value is -2.63. The van der Waals surface area contributed by atoms with Crippen molar-refractivity contribution in [2.24, 2.45) is 0 Å². The molecule has 3 aromatic heterocycles. The van der Waals surface area contributed by atoms with Crippen LogP contribution in [0.15, 0.2) is 55.1 Å². The number of benzene rings is 1. The second kappa shape index (κ2) is 7.55. The van der Waals surface area contributed by atoms with Crippen LogP contribution in [0.2, 0.25) is 10.0 Å². The summed E-state index contributed by atoms with van der Waals surface area (Å²) in [6.07, 6.45) is 7.01. The van der Waals surface area contributed by atoms with Crippen LogP contribution in [0.5, 0.6) is 5.75 Å². The Morgan fingerprint density at radius 1 is 1.11 bits per heavy atom. The Bertz CT molecular complexity index is 1100. The molecule has 0 aliphatic rings. The Balaban J connectivity index is 1.63. The van der Waals surface area contributed by atoms with E-state index in [9.17, 15) is 4.39 Å². The predicted octanol–water partition coefficient (Wildman–Crippen LogP) is 5.57. The molecule has 4 nitrogen and oxygen atoms in total. The summed E-state index contributed by atoms with van der Waals surface area (Å²) in [5.74, 6) is 0.0430. The summed E-state index contributed by atoms with van der Waals surface area (Å²) in [5, 5.41) is 1.61. The molecule has 0 saturated carbocycles. The van der Waals surface area contributed by atoms with E-state index in [0.717, 1.165) is 16.5 Å². The molecule has 0 fully saturated rings. The lowest BCUT2D eigenvalue weighted by Crippen LogP contribution is -2.00. The van der Waals surface area contributed by atoms with Gasteiger partial charge in [-0.05, 0) is 41.5 Å². The zero-order valence-electron chi connectivity index (χ0n) is 14.0. The third kappa shape index (κ3) is 3.75. The van der Waals surface area contributed by atoms with Crippen LogP contribution in [0.3, 0.4) is 0 Å². The summed E-state index contributed by atoms with van der Waals surface area (Å²) in [7, 11) is 0. The number of pyridine rings is 2. The molecule has 0 radical (unpaired) electrons. The second-order valence-corrected chi connectivity index (χ2v) is 6.84. The first-order chi connectivity index (χ1) is 13.1. The van der Waals surface area contributed by atoms with Gasteiger partial charge in [0.05, 0.1) is 10.0 Å². The largest absolute Gasteiger partial charge is 0.487 e. The first-order valence-electron chi connectivity index (χ1n) is 8.22. The van der Waals surface area contributed by atoms with Crippen LogP contribution in [-0.2, 0) is 13.0 Å². The van der Waals surface area contributed by atoms with Gasteiger partial charge in [0, 0.05) is 42.2 Å². The number of fused-ring (bicyclic) bond motifs is 1. The Kier molecular flexibility index (Phi) is 4.97. The molecular formula is C20H14Cl2FN3O.